The van der Waals surface area contributed by atoms with Gasteiger partial charge in [-0.3, -0.25) is 9.79 Å². The highest BCUT2D eigenvalue weighted by Gasteiger charge is 2.26. The molecule has 2 aromatic rings. The van der Waals surface area contributed by atoms with E-state index in [2.05, 4.69) is 73.6 Å². The smallest absolute Gasteiger partial charge is 0.260 e. The fourth-order valence-corrected chi connectivity index (χ4v) is 4.74. The highest BCUT2D eigenvalue weighted by molar-refractivity contribution is 8.12. The van der Waals surface area contributed by atoms with Crippen LogP contribution in [0.1, 0.15) is 37.0 Å². The molecule has 3 rings (SSSR count). The van der Waals surface area contributed by atoms with Crippen LogP contribution in [0.15, 0.2) is 71.6 Å². The topological polar surface area (TPSA) is 52.9 Å². The van der Waals surface area contributed by atoms with Crippen molar-refractivity contribution in [2.45, 2.75) is 33.3 Å². The summed E-state index contributed by atoms with van der Waals surface area (Å²) in [6.07, 6.45) is 4.18. The first-order valence-corrected chi connectivity index (χ1v) is 12.1. The molecule has 0 saturated carbocycles. The molecule has 0 aliphatic carbocycles. The summed E-state index contributed by atoms with van der Waals surface area (Å²) in [5.41, 5.74) is 6.59. The van der Waals surface area contributed by atoms with Gasteiger partial charge in [0.25, 0.3) is 5.91 Å². The lowest BCUT2D eigenvalue weighted by Gasteiger charge is -2.18. The standard InChI is InChI=1S/C28H32N2O2S/c1-6-22(17-29-7-2)23-9-8-10-24(16-23)25-11-12-27(19(3)15-25)20(4)33-21(5)28(32)30-14-13-26(31)18-30/h6,8-12,15-17,26,31H,4-5,7,13-14,18H2,1-3H3/b22-6+,29-17-/t26-/m0/s1. The third kappa shape index (κ3) is 6.12. The molecule has 0 unspecified atom stereocenters. The first kappa shape index (κ1) is 24.7. The lowest BCUT2D eigenvalue weighted by Crippen LogP contribution is -2.29. The van der Waals surface area contributed by atoms with E-state index in [1.165, 1.54) is 11.8 Å². The monoisotopic (exact) mass is 460 g/mol. The molecule has 2 aromatic carbocycles. The summed E-state index contributed by atoms with van der Waals surface area (Å²) in [5, 5.41) is 9.69. The van der Waals surface area contributed by atoms with E-state index >= 15 is 0 Å². The Kier molecular flexibility index (Phi) is 8.48. The largest absolute Gasteiger partial charge is 0.391 e. The van der Waals surface area contributed by atoms with Crippen LogP contribution in [0.4, 0.5) is 0 Å². The molecule has 0 aromatic heterocycles. The average molecular weight is 461 g/mol. The molecule has 1 N–H and O–H groups in total. The maximum atomic E-state index is 12.6. The van der Waals surface area contributed by atoms with Crippen LogP contribution in [-0.2, 0) is 4.79 Å². The van der Waals surface area contributed by atoms with Gasteiger partial charge in [0.15, 0.2) is 0 Å². The molecule has 5 heteroatoms. The molecule has 0 spiro atoms. The number of carbonyl (C=O) groups excluding carboxylic acids is 1. The van der Waals surface area contributed by atoms with Gasteiger partial charge >= 0.3 is 0 Å². The minimum Gasteiger partial charge on any atom is -0.391 e. The SMILES string of the molecule is C=C(SC(=C)c1ccc(-c2cccc(C(/C=N\CC)=C/C)c2)cc1C)C(=O)N1CC[C@H](O)C1. The third-order valence-electron chi connectivity index (χ3n) is 5.72. The van der Waals surface area contributed by atoms with Crippen LogP contribution < -0.4 is 0 Å². The molecule has 1 heterocycles. The average Bonchev–Trinajstić information content (AvgIpc) is 3.25. The van der Waals surface area contributed by atoms with Crippen LogP contribution in [0.5, 0.6) is 0 Å². The Hall–Kier alpha value is -2.89. The van der Waals surface area contributed by atoms with Crippen LogP contribution in [0.3, 0.4) is 0 Å². The van der Waals surface area contributed by atoms with E-state index in [0.717, 1.165) is 44.8 Å². The Balaban J connectivity index is 1.75. The molecule has 33 heavy (non-hydrogen) atoms. The van der Waals surface area contributed by atoms with Crippen LogP contribution in [0.2, 0.25) is 0 Å². The summed E-state index contributed by atoms with van der Waals surface area (Å²) < 4.78 is 0. The number of hydrogen-bond donors (Lipinski definition) is 1. The Morgan fingerprint density at radius 3 is 2.64 bits per heavy atom. The van der Waals surface area contributed by atoms with Crippen LogP contribution in [0, 0.1) is 6.92 Å². The zero-order valence-corrected chi connectivity index (χ0v) is 20.5. The number of aliphatic hydroxyl groups excluding tert-OH is 1. The van der Waals surface area contributed by atoms with Crippen molar-refractivity contribution in [3.05, 3.63) is 83.3 Å². The van der Waals surface area contributed by atoms with Crippen molar-refractivity contribution in [3.63, 3.8) is 0 Å². The van der Waals surface area contributed by atoms with Crippen LogP contribution in [0.25, 0.3) is 21.6 Å². The van der Waals surface area contributed by atoms with E-state index in [1.54, 1.807) is 4.90 Å². The van der Waals surface area contributed by atoms with Gasteiger partial charge < -0.3 is 10.0 Å². The van der Waals surface area contributed by atoms with Crippen molar-refractivity contribution < 1.29 is 9.90 Å². The number of aryl methyl sites for hydroxylation is 1. The van der Waals surface area contributed by atoms with Crippen LogP contribution >= 0.6 is 11.8 Å². The van der Waals surface area contributed by atoms with Gasteiger partial charge in [0, 0.05) is 30.8 Å². The zero-order valence-electron chi connectivity index (χ0n) is 19.7. The molecule has 172 valence electrons. The molecule has 1 aliphatic heterocycles. The van der Waals surface area contributed by atoms with Crippen LogP contribution in [-0.4, -0.2) is 47.9 Å². The predicted molar refractivity (Wildman–Crippen MR) is 142 cm³/mol. The van der Waals surface area contributed by atoms with Gasteiger partial charge in [-0.2, -0.15) is 0 Å². The number of amides is 1. The maximum absolute atomic E-state index is 12.6. The number of nitrogens with zero attached hydrogens (tertiary/aromatic N) is 2. The van der Waals surface area contributed by atoms with E-state index in [9.17, 15) is 9.90 Å². The summed E-state index contributed by atoms with van der Waals surface area (Å²) in [6, 6.07) is 14.7. The highest BCUT2D eigenvalue weighted by Crippen LogP contribution is 2.36. The van der Waals surface area contributed by atoms with Gasteiger partial charge in [-0.05, 0) is 66.6 Å². The number of thioether (sulfide) groups is 1. The van der Waals surface area contributed by atoms with Crippen molar-refractivity contribution in [2.75, 3.05) is 19.6 Å². The van der Waals surface area contributed by atoms with E-state index in [0.29, 0.717) is 24.4 Å². The quantitative estimate of drug-likeness (QED) is 0.390. The molecular weight excluding hydrogens is 428 g/mol. The van der Waals surface area contributed by atoms with E-state index < -0.39 is 6.10 Å². The summed E-state index contributed by atoms with van der Waals surface area (Å²) in [7, 11) is 0. The molecule has 1 atom stereocenters. The van der Waals surface area contributed by atoms with Crippen molar-refractivity contribution in [3.8, 4) is 11.1 Å². The Morgan fingerprint density at radius 2 is 2.00 bits per heavy atom. The fraction of sp³-hybridized carbons (Fsp3) is 0.286. The van der Waals surface area contributed by atoms with E-state index in [-0.39, 0.29) is 5.91 Å². The predicted octanol–water partition coefficient (Wildman–Crippen LogP) is 5.97. The maximum Gasteiger partial charge on any atom is 0.260 e. The van der Waals surface area contributed by atoms with Gasteiger partial charge in [-0.25, -0.2) is 0 Å². The molecule has 1 saturated heterocycles. The van der Waals surface area contributed by atoms with Gasteiger partial charge in [-0.1, -0.05) is 67.4 Å². The number of likely N-dealkylation sites (tertiary alicyclic amines) is 1. The van der Waals surface area contributed by atoms with Crippen molar-refractivity contribution in [1.82, 2.24) is 4.90 Å². The fourth-order valence-electron chi connectivity index (χ4n) is 3.89. The number of hydrogen-bond acceptors (Lipinski definition) is 4. The minimum atomic E-state index is -0.439. The van der Waals surface area contributed by atoms with Crippen molar-refractivity contribution >= 4 is 34.4 Å². The first-order chi connectivity index (χ1) is 15.8. The number of allylic oxidation sites excluding steroid dienone is 2. The van der Waals surface area contributed by atoms with E-state index in [4.69, 9.17) is 0 Å². The molecule has 0 bridgehead atoms. The second-order valence-electron chi connectivity index (χ2n) is 8.12. The van der Waals surface area contributed by atoms with E-state index in [1.807, 2.05) is 20.1 Å². The van der Waals surface area contributed by atoms with Gasteiger partial charge in [0.2, 0.25) is 0 Å². The number of rotatable bonds is 8. The first-order valence-electron chi connectivity index (χ1n) is 11.2. The number of aliphatic imine (C=N–C) groups is 1. The lowest BCUT2D eigenvalue weighted by atomic mass is 9.96. The van der Waals surface area contributed by atoms with Gasteiger partial charge in [-0.15, -0.1) is 0 Å². The Morgan fingerprint density at radius 1 is 1.24 bits per heavy atom. The Labute approximate surface area is 201 Å². The normalized spacial score (nSPS) is 16.4. The number of benzene rings is 2. The van der Waals surface area contributed by atoms with Crippen molar-refractivity contribution in [1.29, 1.82) is 0 Å². The number of β-amino-alcohol motifs (C(OH)–C–C–N with tert-alkyl or cyclic N) is 1. The second kappa shape index (κ2) is 11.3. The molecule has 1 aliphatic rings. The minimum absolute atomic E-state index is 0.129. The molecule has 0 radical (unpaired) electrons. The number of carbonyl (C=O) groups is 1. The molecule has 1 amide bonds. The van der Waals surface area contributed by atoms with Crippen molar-refractivity contribution in [2.24, 2.45) is 4.99 Å². The Bertz CT molecular complexity index is 1120. The highest BCUT2D eigenvalue weighted by atomic mass is 32.2. The molecular formula is C28H32N2O2S. The molecule has 1 fully saturated rings. The second-order valence-corrected chi connectivity index (χ2v) is 9.31. The summed E-state index contributed by atoms with van der Waals surface area (Å²) in [6.45, 7) is 16.0. The summed E-state index contributed by atoms with van der Waals surface area (Å²) in [4.78, 5) is 19.9. The number of aliphatic hydroxyl groups is 1. The van der Waals surface area contributed by atoms with Gasteiger partial charge in [0.1, 0.15) is 0 Å². The zero-order chi connectivity index (χ0) is 24.0. The summed E-state index contributed by atoms with van der Waals surface area (Å²) >= 11 is 1.30. The third-order valence-corrected chi connectivity index (χ3v) is 6.60. The van der Waals surface area contributed by atoms with Gasteiger partial charge in [0.05, 0.1) is 11.0 Å². The lowest BCUT2D eigenvalue weighted by molar-refractivity contribution is -0.125. The molecule has 4 nitrogen and oxygen atoms in total. The summed E-state index contributed by atoms with van der Waals surface area (Å²) in [5.74, 6) is -0.129.